The SMILES string of the molecule is O=C(CCCSCCO)NCC=CCOc1cc(CN2CCCCC2)ccn1. The van der Waals surface area contributed by atoms with Crippen molar-refractivity contribution < 1.29 is 14.6 Å². The fourth-order valence-corrected chi connectivity index (χ4v) is 3.73. The van der Waals surface area contributed by atoms with Crippen LogP contribution in [0.4, 0.5) is 0 Å². The van der Waals surface area contributed by atoms with Crippen LogP contribution in [0.2, 0.25) is 0 Å². The van der Waals surface area contributed by atoms with Crippen LogP contribution in [0.15, 0.2) is 30.5 Å². The van der Waals surface area contributed by atoms with Crippen LogP contribution >= 0.6 is 11.8 Å². The molecule has 1 fully saturated rings. The number of aliphatic hydroxyl groups excluding tert-OH is 1. The molecule has 0 spiro atoms. The van der Waals surface area contributed by atoms with Crippen molar-refractivity contribution in [1.82, 2.24) is 15.2 Å². The van der Waals surface area contributed by atoms with Crippen molar-refractivity contribution in [1.29, 1.82) is 0 Å². The zero-order valence-corrected chi connectivity index (χ0v) is 17.5. The molecule has 1 aliphatic heterocycles. The fourth-order valence-electron chi connectivity index (χ4n) is 3.05. The molecule has 0 aliphatic carbocycles. The van der Waals surface area contributed by atoms with Crippen molar-refractivity contribution in [2.45, 2.75) is 38.6 Å². The monoisotopic (exact) mass is 407 g/mol. The summed E-state index contributed by atoms with van der Waals surface area (Å²) in [6, 6.07) is 4.06. The number of nitrogens with one attached hydrogen (secondary N) is 1. The van der Waals surface area contributed by atoms with E-state index in [2.05, 4.69) is 21.3 Å². The number of aromatic nitrogens is 1. The van der Waals surface area contributed by atoms with Crippen molar-refractivity contribution in [3.05, 3.63) is 36.0 Å². The molecule has 156 valence electrons. The van der Waals surface area contributed by atoms with Crippen LogP contribution < -0.4 is 10.1 Å². The van der Waals surface area contributed by atoms with Gasteiger partial charge in [0.15, 0.2) is 0 Å². The summed E-state index contributed by atoms with van der Waals surface area (Å²) >= 11 is 1.67. The Morgan fingerprint density at radius 2 is 2.14 bits per heavy atom. The molecule has 0 saturated carbocycles. The van der Waals surface area contributed by atoms with Gasteiger partial charge in [-0.15, -0.1) is 0 Å². The number of pyridine rings is 1. The zero-order chi connectivity index (χ0) is 19.9. The van der Waals surface area contributed by atoms with Crippen LogP contribution in [0, 0.1) is 0 Å². The van der Waals surface area contributed by atoms with Crippen LogP contribution in [0.3, 0.4) is 0 Å². The van der Waals surface area contributed by atoms with E-state index in [4.69, 9.17) is 9.84 Å². The summed E-state index contributed by atoms with van der Waals surface area (Å²) in [5.74, 6) is 2.34. The summed E-state index contributed by atoms with van der Waals surface area (Å²) < 4.78 is 5.69. The highest BCUT2D eigenvalue weighted by Gasteiger charge is 2.10. The summed E-state index contributed by atoms with van der Waals surface area (Å²) in [5, 5.41) is 11.6. The van der Waals surface area contributed by atoms with E-state index in [9.17, 15) is 4.79 Å². The minimum atomic E-state index is 0.0576. The normalized spacial score (nSPS) is 15.0. The van der Waals surface area contributed by atoms with Crippen molar-refractivity contribution in [2.75, 3.05) is 44.4 Å². The molecule has 0 aromatic carbocycles. The van der Waals surface area contributed by atoms with Gasteiger partial charge < -0.3 is 15.2 Å². The number of hydrogen-bond acceptors (Lipinski definition) is 6. The molecule has 1 aliphatic rings. The van der Waals surface area contributed by atoms with Crippen molar-refractivity contribution in [3.63, 3.8) is 0 Å². The first-order chi connectivity index (χ1) is 13.8. The number of thioether (sulfide) groups is 1. The van der Waals surface area contributed by atoms with Gasteiger partial charge in [0.25, 0.3) is 0 Å². The van der Waals surface area contributed by atoms with Crippen molar-refractivity contribution >= 4 is 17.7 Å². The number of amides is 1. The van der Waals surface area contributed by atoms with Crippen molar-refractivity contribution in [2.24, 2.45) is 0 Å². The van der Waals surface area contributed by atoms with E-state index in [1.54, 1.807) is 18.0 Å². The first-order valence-electron chi connectivity index (χ1n) is 10.2. The molecule has 2 heterocycles. The second-order valence-electron chi connectivity index (χ2n) is 6.87. The minimum Gasteiger partial charge on any atom is -0.473 e. The van der Waals surface area contributed by atoms with Gasteiger partial charge in [-0.3, -0.25) is 9.69 Å². The molecule has 0 unspecified atom stereocenters. The maximum Gasteiger partial charge on any atom is 0.220 e. The van der Waals surface area contributed by atoms with Crippen LogP contribution in [0.5, 0.6) is 5.88 Å². The van der Waals surface area contributed by atoms with Gasteiger partial charge in [-0.25, -0.2) is 4.98 Å². The molecule has 0 bridgehead atoms. The van der Waals surface area contributed by atoms with Crippen LogP contribution in [-0.2, 0) is 11.3 Å². The predicted molar refractivity (Wildman–Crippen MR) is 115 cm³/mol. The van der Waals surface area contributed by atoms with E-state index < -0.39 is 0 Å². The van der Waals surface area contributed by atoms with Gasteiger partial charge in [-0.05, 0) is 55.8 Å². The maximum atomic E-state index is 11.7. The Hall–Kier alpha value is -1.57. The third-order valence-electron chi connectivity index (χ3n) is 4.49. The maximum absolute atomic E-state index is 11.7. The molecule has 7 heteroatoms. The first kappa shape index (κ1) is 22.7. The molecule has 2 N–H and O–H groups in total. The average Bonchev–Trinajstić information content (AvgIpc) is 2.71. The lowest BCUT2D eigenvalue weighted by molar-refractivity contribution is -0.120. The molecule has 6 nitrogen and oxygen atoms in total. The van der Waals surface area contributed by atoms with Crippen LogP contribution in [-0.4, -0.2) is 65.3 Å². The lowest BCUT2D eigenvalue weighted by atomic mass is 10.1. The molecule has 1 saturated heterocycles. The summed E-state index contributed by atoms with van der Waals surface area (Å²) in [6.07, 6.45) is 10.9. The predicted octanol–water partition coefficient (Wildman–Crippen LogP) is 2.62. The second-order valence-corrected chi connectivity index (χ2v) is 8.09. The Morgan fingerprint density at radius 1 is 1.29 bits per heavy atom. The number of nitrogens with zero attached hydrogens (tertiary/aromatic N) is 2. The Kier molecular flexibility index (Phi) is 11.7. The Bertz CT molecular complexity index is 592. The molecule has 1 amide bonds. The number of piperidine rings is 1. The summed E-state index contributed by atoms with van der Waals surface area (Å²) in [7, 11) is 0. The number of carbonyl (C=O) groups excluding carboxylic acids is 1. The molecule has 1 aromatic rings. The second kappa shape index (κ2) is 14.4. The van der Waals surface area contributed by atoms with Gasteiger partial charge in [0.2, 0.25) is 11.8 Å². The summed E-state index contributed by atoms with van der Waals surface area (Å²) in [4.78, 5) is 18.4. The third kappa shape index (κ3) is 10.1. The number of rotatable bonds is 13. The standard InChI is InChI=1S/C21H33N3O3S/c25-13-16-28-15-6-7-20(26)22-9-2-5-14-27-21-17-19(8-10-23-21)18-24-11-3-1-4-12-24/h2,5,8,10,17,25H,1,3-4,6-7,9,11-16,18H2,(H,22,26). The van der Waals surface area contributed by atoms with Gasteiger partial charge in [0, 0.05) is 37.5 Å². The third-order valence-corrected chi connectivity index (χ3v) is 5.54. The summed E-state index contributed by atoms with van der Waals surface area (Å²) in [5.41, 5.74) is 1.24. The van der Waals surface area contributed by atoms with E-state index in [0.717, 1.165) is 24.5 Å². The van der Waals surface area contributed by atoms with E-state index in [-0.39, 0.29) is 12.5 Å². The Labute approximate surface area is 172 Å². The zero-order valence-electron chi connectivity index (χ0n) is 16.6. The van der Waals surface area contributed by atoms with Gasteiger partial charge >= 0.3 is 0 Å². The molecule has 1 aromatic heterocycles. The number of ether oxygens (including phenoxy) is 1. The highest BCUT2D eigenvalue weighted by molar-refractivity contribution is 7.99. The van der Waals surface area contributed by atoms with Crippen LogP contribution in [0.1, 0.15) is 37.7 Å². The van der Waals surface area contributed by atoms with E-state index in [0.29, 0.717) is 25.5 Å². The van der Waals surface area contributed by atoms with Gasteiger partial charge in [-0.2, -0.15) is 11.8 Å². The van der Waals surface area contributed by atoms with E-state index in [1.165, 1.54) is 37.9 Å². The first-order valence-corrected chi connectivity index (χ1v) is 11.3. The fraction of sp³-hybridized carbons (Fsp3) is 0.619. The van der Waals surface area contributed by atoms with Gasteiger partial charge in [-0.1, -0.05) is 12.5 Å². The molecule has 28 heavy (non-hydrogen) atoms. The smallest absolute Gasteiger partial charge is 0.220 e. The molecular formula is C21H33N3O3S. The van der Waals surface area contributed by atoms with Gasteiger partial charge in [0.05, 0.1) is 6.61 Å². The van der Waals surface area contributed by atoms with Gasteiger partial charge in [0.1, 0.15) is 6.61 Å². The van der Waals surface area contributed by atoms with Crippen molar-refractivity contribution in [3.8, 4) is 5.88 Å². The molecular weight excluding hydrogens is 374 g/mol. The Balaban J connectivity index is 1.57. The quantitative estimate of drug-likeness (QED) is 0.387. The Morgan fingerprint density at radius 3 is 2.96 bits per heavy atom. The van der Waals surface area contributed by atoms with E-state index >= 15 is 0 Å². The topological polar surface area (TPSA) is 74.7 Å². The number of aliphatic hydroxyl groups is 1. The largest absolute Gasteiger partial charge is 0.473 e. The van der Waals surface area contributed by atoms with Crippen LogP contribution in [0.25, 0.3) is 0 Å². The molecule has 2 rings (SSSR count). The number of hydrogen-bond donors (Lipinski definition) is 2. The average molecular weight is 408 g/mol. The molecule has 0 radical (unpaired) electrons. The summed E-state index contributed by atoms with van der Waals surface area (Å²) in [6.45, 7) is 4.45. The van der Waals surface area contributed by atoms with E-state index in [1.807, 2.05) is 18.2 Å². The lowest BCUT2D eigenvalue weighted by Gasteiger charge is -2.26. The molecule has 0 atom stereocenters. The number of carbonyl (C=O) groups is 1. The minimum absolute atomic E-state index is 0.0576. The number of likely N-dealkylation sites (tertiary alicyclic amines) is 1. The highest BCUT2D eigenvalue weighted by Crippen LogP contribution is 2.15. The lowest BCUT2D eigenvalue weighted by Crippen LogP contribution is -2.29. The highest BCUT2D eigenvalue weighted by atomic mass is 32.2.